The van der Waals surface area contributed by atoms with E-state index in [1.54, 1.807) is 0 Å². The van der Waals surface area contributed by atoms with E-state index in [9.17, 15) is 31.2 Å². The topological polar surface area (TPSA) is 96.0 Å². The molecule has 0 radical (unpaired) electrons. The Morgan fingerprint density at radius 3 is 1.73 bits per heavy atom. The molecule has 22 heavy (non-hydrogen) atoms. The van der Waals surface area contributed by atoms with Crippen LogP contribution in [0.15, 0.2) is 18.2 Å². The molecule has 0 N–H and O–H groups in total. The van der Waals surface area contributed by atoms with Gasteiger partial charge in [0, 0.05) is 0 Å². The molecule has 122 valence electrons. The highest BCUT2D eigenvalue weighted by Gasteiger charge is 2.49. The van der Waals surface area contributed by atoms with E-state index in [0.29, 0.717) is 0 Å². The first-order valence-electron chi connectivity index (χ1n) is 5.35. The van der Waals surface area contributed by atoms with Crippen LogP contribution in [0, 0.1) is 0 Å². The van der Waals surface area contributed by atoms with Crippen molar-refractivity contribution in [2.45, 2.75) is 5.51 Å². The first-order valence-corrected chi connectivity index (χ1v) is 6.76. The second-order valence-corrected chi connectivity index (χ2v) is 5.19. The van der Waals surface area contributed by atoms with Crippen LogP contribution in [0.5, 0.6) is 5.75 Å². The van der Waals surface area contributed by atoms with Gasteiger partial charge in [-0.25, -0.2) is 9.59 Å². The zero-order chi connectivity index (χ0) is 17.1. The lowest BCUT2D eigenvalue weighted by Crippen LogP contribution is -2.29. The van der Waals surface area contributed by atoms with Gasteiger partial charge in [0.15, 0.2) is 5.75 Å². The average molecular weight is 342 g/mol. The SMILES string of the molecule is COC(=O)c1cccc(C(=O)OC)c1OS(=O)(=O)C(F)(F)F. The van der Waals surface area contributed by atoms with Crippen molar-refractivity contribution in [2.75, 3.05) is 14.2 Å². The van der Waals surface area contributed by atoms with Gasteiger partial charge < -0.3 is 13.7 Å². The molecule has 0 aromatic heterocycles. The van der Waals surface area contributed by atoms with Crippen molar-refractivity contribution in [3.05, 3.63) is 29.3 Å². The molecular formula is C11H9F3O7S. The molecule has 0 amide bonds. The third-order valence-electron chi connectivity index (χ3n) is 2.30. The molecule has 0 saturated heterocycles. The molecule has 1 rings (SSSR count). The number of carbonyl (C=O) groups excluding carboxylic acids is 2. The standard InChI is InChI=1S/C11H9F3O7S/c1-19-9(15)6-4-3-5-7(10(16)20-2)8(6)21-22(17,18)11(12,13)14/h3-5H,1-2H3. The molecule has 0 aliphatic carbocycles. The number of para-hydroxylation sites is 1. The van der Waals surface area contributed by atoms with Crippen molar-refractivity contribution in [1.29, 1.82) is 0 Å². The fourth-order valence-corrected chi connectivity index (χ4v) is 1.82. The predicted molar refractivity (Wildman–Crippen MR) is 64.7 cm³/mol. The van der Waals surface area contributed by atoms with Crippen LogP contribution < -0.4 is 4.18 Å². The van der Waals surface area contributed by atoms with Crippen LogP contribution in [-0.2, 0) is 19.6 Å². The normalized spacial score (nSPS) is 11.7. The summed E-state index contributed by atoms with van der Waals surface area (Å²) in [5.41, 5.74) is -7.11. The minimum absolute atomic E-state index is 0.682. The molecule has 1 aromatic rings. The summed E-state index contributed by atoms with van der Waals surface area (Å²) in [6.07, 6.45) is 0. The Kier molecular flexibility index (Phi) is 5.02. The third-order valence-corrected chi connectivity index (χ3v) is 3.26. The minimum Gasteiger partial charge on any atom is -0.465 e. The van der Waals surface area contributed by atoms with Gasteiger partial charge in [0.1, 0.15) is 11.1 Å². The van der Waals surface area contributed by atoms with Gasteiger partial charge >= 0.3 is 27.6 Å². The van der Waals surface area contributed by atoms with E-state index < -0.39 is 44.4 Å². The van der Waals surface area contributed by atoms with E-state index in [0.717, 1.165) is 32.4 Å². The second kappa shape index (κ2) is 6.22. The number of carbonyl (C=O) groups is 2. The molecule has 0 bridgehead atoms. The zero-order valence-corrected chi connectivity index (χ0v) is 11.9. The minimum atomic E-state index is -6.09. The number of alkyl halides is 3. The first kappa shape index (κ1) is 17.8. The van der Waals surface area contributed by atoms with Crippen molar-refractivity contribution in [3.8, 4) is 5.75 Å². The lowest BCUT2D eigenvalue weighted by molar-refractivity contribution is -0.0501. The molecule has 0 spiro atoms. The summed E-state index contributed by atoms with van der Waals surface area (Å²) in [4.78, 5) is 23.0. The number of ether oxygens (including phenoxy) is 2. The van der Waals surface area contributed by atoms with Crippen LogP contribution in [-0.4, -0.2) is 40.1 Å². The third kappa shape index (κ3) is 3.47. The Balaban J connectivity index is 3.54. The lowest BCUT2D eigenvalue weighted by Gasteiger charge is -2.14. The largest absolute Gasteiger partial charge is 0.534 e. The molecule has 0 fully saturated rings. The molecule has 1 aromatic carbocycles. The summed E-state index contributed by atoms with van der Waals surface area (Å²) >= 11 is 0. The van der Waals surface area contributed by atoms with Crippen LogP contribution in [0.4, 0.5) is 13.2 Å². The highest BCUT2D eigenvalue weighted by atomic mass is 32.2. The summed E-state index contributed by atoms with van der Waals surface area (Å²) < 4.78 is 71.9. The van der Waals surface area contributed by atoms with E-state index in [4.69, 9.17) is 0 Å². The second-order valence-electron chi connectivity index (χ2n) is 3.65. The summed E-state index contributed by atoms with van der Waals surface area (Å²) in [5.74, 6) is -3.52. The van der Waals surface area contributed by atoms with Gasteiger partial charge in [-0.05, 0) is 12.1 Å². The number of hydrogen-bond acceptors (Lipinski definition) is 7. The molecule has 0 atom stereocenters. The summed E-state index contributed by atoms with van der Waals surface area (Å²) in [7, 11) is -4.27. The molecule has 11 heteroatoms. The van der Waals surface area contributed by atoms with E-state index in [1.165, 1.54) is 0 Å². The number of esters is 2. The van der Waals surface area contributed by atoms with Crippen LogP contribution in [0.25, 0.3) is 0 Å². The van der Waals surface area contributed by atoms with Crippen molar-refractivity contribution in [1.82, 2.24) is 0 Å². The number of benzene rings is 1. The van der Waals surface area contributed by atoms with Crippen molar-refractivity contribution in [2.24, 2.45) is 0 Å². The molecule has 0 aliphatic rings. The van der Waals surface area contributed by atoms with E-state index in [-0.39, 0.29) is 0 Å². The van der Waals surface area contributed by atoms with E-state index in [1.807, 2.05) is 0 Å². The van der Waals surface area contributed by atoms with Gasteiger partial charge in [-0.1, -0.05) is 6.07 Å². The monoisotopic (exact) mass is 342 g/mol. The smallest absolute Gasteiger partial charge is 0.465 e. The number of methoxy groups -OCH3 is 2. The van der Waals surface area contributed by atoms with Gasteiger partial charge in [0.05, 0.1) is 14.2 Å². The van der Waals surface area contributed by atoms with Gasteiger partial charge in [0.25, 0.3) is 0 Å². The maximum atomic E-state index is 12.4. The molecule has 0 saturated carbocycles. The molecule has 0 heterocycles. The predicted octanol–water partition coefficient (Wildman–Crippen LogP) is 1.49. The maximum Gasteiger partial charge on any atom is 0.534 e. The Morgan fingerprint density at radius 2 is 1.41 bits per heavy atom. The maximum absolute atomic E-state index is 12.4. The number of rotatable bonds is 4. The van der Waals surface area contributed by atoms with Crippen molar-refractivity contribution < 1.29 is 44.8 Å². The fourth-order valence-electron chi connectivity index (χ4n) is 1.33. The van der Waals surface area contributed by atoms with E-state index >= 15 is 0 Å². The first-order chi connectivity index (χ1) is 10.0. The van der Waals surface area contributed by atoms with Crippen LogP contribution in [0.1, 0.15) is 20.7 Å². The Bertz CT molecular complexity index is 660. The van der Waals surface area contributed by atoms with Gasteiger partial charge in [0.2, 0.25) is 0 Å². The Hall–Kier alpha value is -2.30. The highest BCUT2D eigenvalue weighted by molar-refractivity contribution is 7.88. The van der Waals surface area contributed by atoms with Crippen LogP contribution in [0.2, 0.25) is 0 Å². The molecular weight excluding hydrogens is 333 g/mol. The van der Waals surface area contributed by atoms with Crippen LogP contribution >= 0.6 is 0 Å². The van der Waals surface area contributed by atoms with Crippen LogP contribution in [0.3, 0.4) is 0 Å². The molecule has 7 nitrogen and oxygen atoms in total. The zero-order valence-electron chi connectivity index (χ0n) is 11.1. The Morgan fingerprint density at radius 1 is 1.00 bits per heavy atom. The summed E-state index contributed by atoms with van der Waals surface area (Å²) in [5, 5.41) is 0. The molecule has 0 unspecified atom stereocenters. The Labute approximate surface area is 122 Å². The quantitative estimate of drug-likeness (QED) is 0.465. The summed E-state index contributed by atoms with van der Waals surface area (Å²) in [6.45, 7) is 0. The summed E-state index contributed by atoms with van der Waals surface area (Å²) in [6, 6.07) is 2.98. The van der Waals surface area contributed by atoms with Gasteiger partial charge in [-0.15, -0.1) is 0 Å². The average Bonchev–Trinajstić information content (AvgIpc) is 2.44. The fraction of sp³-hybridized carbons (Fsp3) is 0.273. The number of hydrogen-bond donors (Lipinski definition) is 0. The van der Waals surface area contributed by atoms with Gasteiger partial charge in [-0.2, -0.15) is 21.6 Å². The van der Waals surface area contributed by atoms with Gasteiger partial charge in [-0.3, -0.25) is 0 Å². The van der Waals surface area contributed by atoms with E-state index in [2.05, 4.69) is 13.7 Å². The lowest BCUT2D eigenvalue weighted by atomic mass is 10.1. The van der Waals surface area contributed by atoms with Crippen molar-refractivity contribution in [3.63, 3.8) is 0 Å². The van der Waals surface area contributed by atoms with Crippen molar-refractivity contribution >= 4 is 22.1 Å². The highest BCUT2D eigenvalue weighted by Crippen LogP contribution is 2.32. The molecule has 0 aliphatic heterocycles. The number of halogens is 3.